The highest BCUT2D eigenvalue weighted by Gasteiger charge is 2.35. The highest BCUT2D eigenvalue weighted by Crippen LogP contribution is 2.61. The summed E-state index contributed by atoms with van der Waals surface area (Å²) >= 11 is 0. The van der Waals surface area contributed by atoms with E-state index in [0.29, 0.717) is 0 Å². The number of nitrogens with one attached hydrogen (secondary N) is 1. The van der Waals surface area contributed by atoms with Crippen LogP contribution in [0.4, 0.5) is 17.1 Å². The van der Waals surface area contributed by atoms with Gasteiger partial charge in [-0.25, -0.2) is 0 Å². The summed E-state index contributed by atoms with van der Waals surface area (Å²) in [5, 5.41) is 6.48. The Labute approximate surface area is 356 Å². The molecule has 0 fully saturated rings. The van der Waals surface area contributed by atoms with E-state index in [1.54, 1.807) is 0 Å². The molecule has 1 aliphatic carbocycles. The average molecular weight is 777 g/mol. The van der Waals surface area contributed by atoms with Crippen LogP contribution in [0.2, 0.25) is 0 Å². The van der Waals surface area contributed by atoms with Crippen molar-refractivity contribution in [3.05, 3.63) is 236 Å². The molecule has 2 heteroatoms. The second-order valence-corrected chi connectivity index (χ2v) is 16.0. The molecule has 0 bridgehead atoms. The second kappa shape index (κ2) is 14.4. The van der Waals surface area contributed by atoms with Crippen LogP contribution in [0.1, 0.15) is 11.7 Å². The highest BCUT2D eigenvalue weighted by atomic mass is 15.3. The van der Waals surface area contributed by atoms with E-state index in [4.69, 9.17) is 0 Å². The molecule has 1 aliphatic heterocycles. The van der Waals surface area contributed by atoms with E-state index in [1.807, 2.05) is 0 Å². The van der Waals surface area contributed by atoms with Crippen LogP contribution in [-0.4, -0.2) is 0 Å². The topological polar surface area (TPSA) is 15.3 Å². The van der Waals surface area contributed by atoms with Gasteiger partial charge in [0, 0.05) is 5.69 Å². The van der Waals surface area contributed by atoms with E-state index in [2.05, 4.69) is 241 Å². The lowest BCUT2D eigenvalue weighted by atomic mass is 9.76. The molecule has 61 heavy (non-hydrogen) atoms. The van der Waals surface area contributed by atoms with Gasteiger partial charge in [-0.05, 0) is 118 Å². The van der Waals surface area contributed by atoms with Crippen molar-refractivity contribution in [1.29, 1.82) is 0 Å². The Kier molecular flexibility index (Phi) is 8.28. The summed E-state index contributed by atoms with van der Waals surface area (Å²) in [7, 11) is 0. The quantitative estimate of drug-likeness (QED) is 0.173. The molecule has 12 rings (SSSR count). The Bertz CT molecular complexity index is 3120. The number of hydrogen-bond donors (Lipinski definition) is 1. The second-order valence-electron chi connectivity index (χ2n) is 16.0. The molecular formula is C59H40N2. The summed E-state index contributed by atoms with van der Waals surface area (Å²) in [5.41, 5.74) is 22.1. The van der Waals surface area contributed by atoms with E-state index in [1.165, 1.54) is 99.9 Å². The van der Waals surface area contributed by atoms with Crippen LogP contribution < -0.4 is 10.2 Å². The predicted octanol–water partition coefficient (Wildman–Crippen LogP) is 16.1. The monoisotopic (exact) mass is 776 g/mol. The minimum absolute atomic E-state index is 0.0263. The number of anilines is 3. The van der Waals surface area contributed by atoms with Crippen molar-refractivity contribution in [2.45, 2.75) is 6.17 Å². The first kappa shape index (κ1) is 35.0. The van der Waals surface area contributed by atoms with Gasteiger partial charge in [0.05, 0.1) is 11.4 Å². The van der Waals surface area contributed by atoms with Crippen LogP contribution in [0.15, 0.2) is 231 Å². The summed E-state index contributed by atoms with van der Waals surface area (Å²) in [6.07, 6.45) is -0.0263. The van der Waals surface area contributed by atoms with Gasteiger partial charge in [-0.15, -0.1) is 0 Å². The molecule has 10 aromatic rings. The fourth-order valence-electron chi connectivity index (χ4n) is 10.1. The third-order valence-electron chi connectivity index (χ3n) is 12.6. The Morgan fingerprint density at radius 3 is 1.30 bits per heavy atom. The first-order valence-electron chi connectivity index (χ1n) is 21.1. The lowest BCUT2D eigenvalue weighted by Crippen LogP contribution is -2.23. The van der Waals surface area contributed by atoms with E-state index >= 15 is 0 Å². The number of fused-ring (bicyclic) bond motifs is 4. The lowest BCUT2D eigenvalue weighted by Gasteiger charge is -2.27. The van der Waals surface area contributed by atoms with Crippen molar-refractivity contribution in [3.8, 4) is 77.9 Å². The van der Waals surface area contributed by atoms with Gasteiger partial charge < -0.3 is 10.2 Å². The first-order chi connectivity index (χ1) is 30.3. The molecule has 0 amide bonds. The van der Waals surface area contributed by atoms with E-state index in [-0.39, 0.29) is 6.17 Å². The number of rotatable bonds is 7. The zero-order valence-corrected chi connectivity index (χ0v) is 33.5. The molecular weight excluding hydrogens is 737 g/mol. The maximum Gasteiger partial charge on any atom is 0.130 e. The number of hydrogen-bond acceptors (Lipinski definition) is 2. The lowest BCUT2D eigenvalue weighted by molar-refractivity contribution is 0.828. The minimum Gasteiger partial charge on any atom is -0.359 e. The molecule has 286 valence electrons. The minimum atomic E-state index is -0.0263. The van der Waals surface area contributed by atoms with Crippen molar-refractivity contribution >= 4 is 27.8 Å². The Balaban J connectivity index is 1.13. The van der Waals surface area contributed by atoms with Crippen molar-refractivity contribution in [2.75, 3.05) is 10.2 Å². The van der Waals surface area contributed by atoms with Gasteiger partial charge in [0.1, 0.15) is 6.17 Å². The zero-order chi connectivity index (χ0) is 40.3. The smallest absolute Gasteiger partial charge is 0.130 e. The van der Waals surface area contributed by atoms with Gasteiger partial charge in [-0.2, -0.15) is 0 Å². The Morgan fingerprint density at radius 1 is 0.328 bits per heavy atom. The largest absolute Gasteiger partial charge is 0.359 e. The molecule has 0 radical (unpaired) electrons. The maximum absolute atomic E-state index is 3.93. The molecule has 2 nitrogen and oxygen atoms in total. The normalized spacial score (nSPS) is 13.5. The number of para-hydroxylation sites is 1. The molecule has 0 saturated heterocycles. The Hall–Kier alpha value is -7.94. The standard InChI is InChI=1S/C59H40N2/c1-7-20-39(21-8-1)52-53(40-22-9-2-10-23-40)55(42-26-13-4-14-27-42)58-49-36-35-46(47-32-19-33-48(56(47)49)57(58)54(52)41-24-11-3-12-25-41)44-34-37-51-50(38-44)60-59(43-28-15-5-16-29-43)61(51)45-30-17-6-18-31-45/h1-38,59-60H. The van der Waals surface area contributed by atoms with Gasteiger partial charge in [-0.3, -0.25) is 0 Å². The van der Waals surface area contributed by atoms with Crippen molar-refractivity contribution < 1.29 is 0 Å². The predicted molar refractivity (Wildman–Crippen MR) is 257 cm³/mol. The van der Waals surface area contributed by atoms with Crippen LogP contribution >= 0.6 is 0 Å². The molecule has 0 aromatic heterocycles. The molecule has 1 atom stereocenters. The summed E-state index contributed by atoms with van der Waals surface area (Å²) in [6, 6.07) is 84.2. The molecule has 1 heterocycles. The van der Waals surface area contributed by atoms with Crippen molar-refractivity contribution in [1.82, 2.24) is 0 Å². The molecule has 0 saturated carbocycles. The SMILES string of the molecule is c1ccc(-c2c(-c3ccccc3)c(-c3ccccc3)c3c(c2-c2ccccc2)-c2cccc4c(-c5ccc6c(c5)NC(c5ccccc5)N6c5ccccc5)ccc-3c24)cc1. The fraction of sp³-hybridized carbons (Fsp3) is 0.0169. The van der Waals surface area contributed by atoms with Crippen molar-refractivity contribution in [2.24, 2.45) is 0 Å². The van der Waals surface area contributed by atoms with E-state index in [0.717, 1.165) is 11.4 Å². The summed E-state index contributed by atoms with van der Waals surface area (Å²) < 4.78 is 0. The van der Waals surface area contributed by atoms with Gasteiger partial charge in [0.2, 0.25) is 0 Å². The summed E-state index contributed by atoms with van der Waals surface area (Å²) in [6.45, 7) is 0. The highest BCUT2D eigenvalue weighted by molar-refractivity contribution is 6.27. The summed E-state index contributed by atoms with van der Waals surface area (Å²) in [5.74, 6) is 0. The molecule has 1 unspecified atom stereocenters. The van der Waals surface area contributed by atoms with Crippen LogP contribution in [0.5, 0.6) is 0 Å². The summed E-state index contributed by atoms with van der Waals surface area (Å²) in [4.78, 5) is 2.42. The van der Waals surface area contributed by atoms with Gasteiger partial charge in [-0.1, -0.05) is 206 Å². The van der Waals surface area contributed by atoms with Gasteiger partial charge >= 0.3 is 0 Å². The average Bonchev–Trinajstić information content (AvgIpc) is 3.89. The molecule has 1 N–H and O–H groups in total. The van der Waals surface area contributed by atoms with E-state index < -0.39 is 0 Å². The van der Waals surface area contributed by atoms with Crippen molar-refractivity contribution in [3.63, 3.8) is 0 Å². The third kappa shape index (κ3) is 5.64. The molecule has 10 aromatic carbocycles. The van der Waals surface area contributed by atoms with Gasteiger partial charge in [0.15, 0.2) is 0 Å². The number of benzene rings is 10. The van der Waals surface area contributed by atoms with E-state index in [9.17, 15) is 0 Å². The van der Waals surface area contributed by atoms with Crippen LogP contribution in [0.25, 0.3) is 88.7 Å². The number of nitrogens with zero attached hydrogens (tertiary/aromatic N) is 1. The molecule has 0 spiro atoms. The van der Waals surface area contributed by atoms with Crippen LogP contribution in [-0.2, 0) is 0 Å². The maximum atomic E-state index is 3.93. The van der Waals surface area contributed by atoms with Crippen LogP contribution in [0, 0.1) is 0 Å². The zero-order valence-electron chi connectivity index (χ0n) is 33.5. The molecule has 2 aliphatic rings. The first-order valence-corrected chi connectivity index (χ1v) is 21.1. The van der Waals surface area contributed by atoms with Crippen LogP contribution in [0.3, 0.4) is 0 Å². The van der Waals surface area contributed by atoms with Gasteiger partial charge in [0.25, 0.3) is 0 Å². The fourth-order valence-corrected chi connectivity index (χ4v) is 10.1. The Morgan fingerprint density at radius 2 is 0.770 bits per heavy atom. The third-order valence-corrected chi connectivity index (χ3v) is 12.6.